The molecule has 4 rings (SSSR count). The first-order valence-corrected chi connectivity index (χ1v) is 11.1. The van der Waals surface area contributed by atoms with Gasteiger partial charge in [-0.15, -0.1) is 0 Å². The van der Waals surface area contributed by atoms with Crippen LogP contribution in [0.4, 0.5) is 0 Å². The average Bonchev–Trinajstić information content (AvgIpc) is 3.33. The van der Waals surface area contributed by atoms with Crippen molar-refractivity contribution in [3.05, 3.63) is 70.3 Å². The third-order valence-corrected chi connectivity index (χ3v) is 6.25. The van der Waals surface area contributed by atoms with Gasteiger partial charge in [0.2, 0.25) is 0 Å². The second kappa shape index (κ2) is 10.1. The molecule has 0 unspecified atom stereocenters. The van der Waals surface area contributed by atoms with E-state index in [2.05, 4.69) is 24.0 Å². The van der Waals surface area contributed by atoms with E-state index in [0.29, 0.717) is 12.0 Å². The standard InChI is InChI=1S/C26H30O6/c1-16-4-10-19(26-25(30)24(29)23(28)22(15-27)32-26)14-20(16)13-18-7-5-17(6-8-18)9-11-21-3-2-12-31-21/h4-8,10,14,21-30H,2-3,12-13,15H2,1H3/t21-,22+,23+,24-,25+,26-/m0/s1. The van der Waals surface area contributed by atoms with E-state index < -0.39 is 37.1 Å². The van der Waals surface area contributed by atoms with Crippen LogP contribution in [0.2, 0.25) is 0 Å². The number of hydrogen-bond donors (Lipinski definition) is 4. The summed E-state index contributed by atoms with van der Waals surface area (Å²) in [5.41, 5.74) is 4.94. The molecule has 2 aliphatic heterocycles. The maximum Gasteiger partial charge on any atom is 0.118 e. The number of hydrogen-bond acceptors (Lipinski definition) is 6. The van der Waals surface area contributed by atoms with Crippen LogP contribution in [0, 0.1) is 18.8 Å². The Bertz CT molecular complexity index is 968. The Labute approximate surface area is 188 Å². The Morgan fingerprint density at radius 3 is 2.47 bits per heavy atom. The van der Waals surface area contributed by atoms with Crippen LogP contribution in [-0.2, 0) is 15.9 Å². The zero-order valence-electron chi connectivity index (χ0n) is 18.1. The van der Waals surface area contributed by atoms with Crippen LogP contribution < -0.4 is 0 Å². The topological polar surface area (TPSA) is 99.4 Å². The molecular weight excluding hydrogens is 408 g/mol. The van der Waals surface area contributed by atoms with E-state index in [1.165, 1.54) is 0 Å². The molecule has 6 heteroatoms. The van der Waals surface area contributed by atoms with E-state index in [1.807, 2.05) is 37.3 Å². The summed E-state index contributed by atoms with van der Waals surface area (Å²) in [7, 11) is 0. The van der Waals surface area contributed by atoms with Crippen molar-refractivity contribution in [2.24, 2.45) is 0 Å². The van der Waals surface area contributed by atoms with Gasteiger partial charge in [0.25, 0.3) is 0 Å². The minimum atomic E-state index is -1.39. The molecule has 2 heterocycles. The summed E-state index contributed by atoms with van der Waals surface area (Å²) >= 11 is 0. The second-order valence-electron chi connectivity index (χ2n) is 8.58. The summed E-state index contributed by atoms with van der Waals surface area (Å²) in [6.45, 7) is 2.37. The molecule has 2 aromatic rings. The first kappa shape index (κ1) is 22.9. The molecule has 32 heavy (non-hydrogen) atoms. The summed E-state index contributed by atoms with van der Waals surface area (Å²) in [6.07, 6.45) is -3.00. The lowest BCUT2D eigenvalue weighted by molar-refractivity contribution is -0.231. The van der Waals surface area contributed by atoms with Gasteiger partial charge in [0, 0.05) is 12.2 Å². The highest BCUT2D eigenvalue weighted by atomic mass is 16.5. The Morgan fingerprint density at radius 2 is 1.78 bits per heavy atom. The monoisotopic (exact) mass is 438 g/mol. The molecule has 0 amide bonds. The number of rotatable bonds is 4. The van der Waals surface area contributed by atoms with Gasteiger partial charge in [-0.2, -0.15) is 0 Å². The lowest BCUT2D eigenvalue weighted by Crippen LogP contribution is -2.55. The summed E-state index contributed by atoms with van der Waals surface area (Å²) in [6, 6.07) is 13.9. The summed E-state index contributed by atoms with van der Waals surface area (Å²) in [4.78, 5) is 0. The lowest BCUT2D eigenvalue weighted by Gasteiger charge is -2.40. The smallest absolute Gasteiger partial charge is 0.118 e. The van der Waals surface area contributed by atoms with Crippen molar-refractivity contribution in [2.45, 2.75) is 62.8 Å². The van der Waals surface area contributed by atoms with Crippen molar-refractivity contribution in [3.8, 4) is 11.8 Å². The predicted molar refractivity (Wildman–Crippen MR) is 119 cm³/mol. The van der Waals surface area contributed by atoms with E-state index in [4.69, 9.17) is 9.47 Å². The van der Waals surface area contributed by atoms with Crippen molar-refractivity contribution in [1.82, 2.24) is 0 Å². The summed E-state index contributed by atoms with van der Waals surface area (Å²) in [5, 5.41) is 40.0. The molecule has 6 atom stereocenters. The fourth-order valence-corrected chi connectivity index (χ4v) is 4.22. The van der Waals surface area contributed by atoms with Gasteiger partial charge >= 0.3 is 0 Å². The maximum atomic E-state index is 10.4. The molecule has 0 bridgehead atoms. The van der Waals surface area contributed by atoms with E-state index in [9.17, 15) is 20.4 Å². The van der Waals surface area contributed by atoms with Crippen LogP contribution in [0.5, 0.6) is 0 Å². The van der Waals surface area contributed by atoms with Gasteiger partial charge in [0.1, 0.15) is 36.6 Å². The Balaban J connectivity index is 1.49. The molecule has 2 aliphatic rings. The minimum absolute atomic E-state index is 0.0440. The summed E-state index contributed by atoms with van der Waals surface area (Å²) < 4.78 is 11.3. The van der Waals surface area contributed by atoms with Gasteiger partial charge in [-0.25, -0.2) is 0 Å². The van der Waals surface area contributed by atoms with Gasteiger partial charge in [-0.3, -0.25) is 0 Å². The Morgan fingerprint density at radius 1 is 1.00 bits per heavy atom. The van der Waals surface area contributed by atoms with Crippen LogP contribution in [0.15, 0.2) is 42.5 Å². The summed E-state index contributed by atoms with van der Waals surface area (Å²) in [5.74, 6) is 6.35. The molecule has 0 spiro atoms. The molecule has 2 aromatic carbocycles. The van der Waals surface area contributed by atoms with E-state index in [0.717, 1.165) is 41.7 Å². The molecule has 0 saturated carbocycles. The van der Waals surface area contributed by atoms with Gasteiger partial charge in [0.15, 0.2) is 0 Å². The van der Waals surface area contributed by atoms with Crippen molar-refractivity contribution < 1.29 is 29.9 Å². The fourth-order valence-electron chi connectivity index (χ4n) is 4.22. The highest BCUT2D eigenvalue weighted by molar-refractivity contribution is 5.41. The van der Waals surface area contributed by atoms with Crippen LogP contribution in [0.1, 0.15) is 46.8 Å². The molecular formula is C26H30O6. The Hall–Kier alpha value is -2.24. The van der Waals surface area contributed by atoms with Crippen molar-refractivity contribution in [3.63, 3.8) is 0 Å². The van der Waals surface area contributed by atoms with Crippen LogP contribution in [0.25, 0.3) is 0 Å². The second-order valence-corrected chi connectivity index (χ2v) is 8.58. The van der Waals surface area contributed by atoms with Crippen molar-refractivity contribution >= 4 is 0 Å². The quantitative estimate of drug-likeness (QED) is 0.542. The molecule has 2 fully saturated rings. The number of benzene rings is 2. The first-order chi connectivity index (χ1) is 15.5. The minimum Gasteiger partial charge on any atom is -0.394 e. The third kappa shape index (κ3) is 5.05. The zero-order valence-corrected chi connectivity index (χ0v) is 18.1. The van der Waals surface area contributed by atoms with Crippen LogP contribution >= 0.6 is 0 Å². The molecule has 6 nitrogen and oxygen atoms in total. The van der Waals surface area contributed by atoms with E-state index >= 15 is 0 Å². The number of aliphatic hydroxyl groups is 4. The molecule has 0 radical (unpaired) electrons. The first-order valence-electron chi connectivity index (χ1n) is 11.1. The van der Waals surface area contributed by atoms with E-state index in [1.54, 1.807) is 0 Å². The SMILES string of the molecule is Cc1ccc([C@@H]2O[C@H](CO)[C@@H](O)[C@H](O)[C@H]2O)cc1Cc1ccc(C#C[C@@H]2CCCO2)cc1. The highest BCUT2D eigenvalue weighted by Crippen LogP contribution is 2.33. The average molecular weight is 439 g/mol. The lowest BCUT2D eigenvalue weighted by atomic mass is 9.89. The Kier molecular flexibility index (Phi) is 7.27. The highest BCUT2D eigenvalue weighted by Gasteiger charge is 2.43. The normalized spacial score (nSPS) is 30.0. The zero-order chi connectivity index (χ0) is 22.7. The third-order valence-electron chi connectivity index (χ3n) is 6.25. The van der Waals surface area contributed by atoms with Gasteiger partial charge < -0.3 is 29.9 Å². The molecule has 0 aromatic heterocycles. The van der Waals surface area contributed by atoms with Gasteiger partial charge in [-0.05, 0) is 60.6 Å². The number of ether oxygens (including phenoxy) is 2. The molecule has 4 N–H and O–H groups in total. The fraction of sp³-hybridized carbons (Fsp3) is 0.462. The molecule has 0 aliphatic carbocycles. The van der Waals surface area contributed by atoms with Gasteiger partial charge in [0.05, 0.1) is 6.61 Å². The van der Waals surface area contributed by atoms with Crippen molar-refractivity contribution in [2.75, 3.05) is 13.2 Å². The molecule has 2 saturated heterocycles. The predicted octanol–water partition coefficient (Wildman–Crippen LogP) is 1.63. The molecule has 170 valence electrons. The number of aliphatic hydroxyl groups excluding tert-OH is 4. The van der Waals surface area contributed by atoms with Crippen LogP contribution in [-0.4, -0.2) is 64.2 Å². The maximum absolute atomic E-state index is 10.4. The van der Waals surface area contributed by atoms with E-state index in [-0.39, 0.29) is 6.10 Å². The van der Waals surface area contributed by atoms with Crippen molar-refractivity contribution in [1.29, 1.82) is 0 Å². The van der Waals surface area contributed by atoms with Crippen LogP contribution in [0.3, 0.4) is 0 Å². The van der Waals surface area contributed by atoms with Gasteiger partial charge in [-0.1, -0.05) is 42.2 Å². The largest absolute Gasteiger partial charge is 0.394 e. The number of aryl methyl sites for hydroxylation is 1.